The molecule has 21 heterocycles. The van der Waals surface area contributed by atoms with Gasteiger partial charge in [0.25, 0.3) is 0 Å². The van der Waals surface area contributed by atoms with Crippen molar-refractivity contribution in [3.63, 3.8) is 0 Å². The van der Waals surface area contributed by atoms with Crippen LogP contribution < -0.4 is 0 Å². The highest BCUT2D eigenvalue weighted by atomic mass is 16.8. The predicted octanol–water partition coefficient (Wildman–Crippen LogP) is -15.2. The van der Waals surface area contributed by atoms with Crippen LogP contribution in [0.3, 0.4) is 0 Å². The van der Waals surface area contributed by atoms with Gasteiger partial charge >= 0.3 is 0 Å². The molecular formula is C42H70O35. The molecule has 14 bridgehead atoms. The van der Waals surface area contributed by atoms with Gasteiger partial charge in [0, 0.05) is 0 Å². The van der Waals surface area contributed by atoms with E-state index in [0.717, 1.165) is 0 Å². The predicted molar refractivity (Wildman–Crippen MR) is 228 cm³/mol. The molecule has 448 valence electrons. The summed E-state index contributed by atoms with van der Waals surface area (Å²) in [6.07, 6.45) is -70.2. The second-order valence-corrected chi connectivity index (χ2v) is 19.7. The normalized spacial score (nSPS) is 55.4. The highest BCUT2D eigenvalue weighted by molar-refractivity contribution is 5.01. The number of aliphatic hydroxyl groups is 21. The van der Waals surface area contributed by atoms with Crippen molar-refractivity contribution >= 4 is 0 Å². The van der Waals surface area contributed by atoms with Crippen LogP contribution in [0.15, 0.2) is 0 Å². The molecule has 21 saturated heterocycles. The fourth-order valence-corrected chi connectivity index (χ4v) is 10.4. The molecule has 35 atom stereocenters. The van der Waals surface area contributed by atoms with E-state index in [-0.39, 0.29) is 0 Å². The van der Waals surface area contributed by atoms with E-state index in [2.05, 4.69) is 0 Å². The number of hydrogen-bond acceptors (Lipinski definition) is 35. The molecule has 77 heavy (non-hydrogen) atoms. The van der Waals surface area contributed by atoms with E-state index in [1.807, 2.05) is 0 Å². The van der Waals surface area contributed by atoms with E-state index in [4.69, 9.17) is 66.3 Å². The maximum absolute atomic E-state index is 11.3. The summed E-state index contributed by atoms with van der Waals surface area (Å²) in [7, 11) is 0. The highest BCUT2D eigenvalue weighted by Crippen LogP contribution is 2.39. The van der Waals surface area contributed by atoms with Crippen LogP contribution in [-0.2, 0) is 66.3 Å². The van der Waals surface area contributed by atoms with Gasteiger partial charge in [-0.05, 0) is 0 Å². The van der Waals surface area contributed by atoms with Gasteiger partial charge in [0.1, 0.15) is 171 Å². The number of ether oxygens (including phenoxy) is 14. The van der Waals surface area contributed by atoms with E-state index < -0.39 is 261 Å². The summed E-state index contributed by atoms with van der Waals surface area (Å²) in [4.78, 5) is 0. The third kappa shape index (κ3) is 12.1. The molecule has 0 unspecified atom stereocenters. The van der Waals surface area contributed by atoms with Crippen molar-refractivity contribution in [2.24, 2.45) is 0 Å². The summed E-state index contributed by atoms with van der Waals surface area (Å²) in [5.74, 6) is 0. The Morgan fingerprint density at radius 1 is 0.156 bits per heavy atom. The molecule has 0 radical (unpaired) electrons. The molecule has 21 N–H and O–H groups in total. The van der Waals surface area contributed by atoms with Crippen molar-refractivity contribution in [2.75, 3.05) is 46.2 Å². The summed E-state index contributed by atoms with van der Waals surface area (Å²) in [5.41, 5.74) is 0. The molecular weight excluding hydrogens is 1060 g/mol. The number of rotatable bonds is 7. The van der Waals surface area contributed by atoms with Crippen LogP contribution in [0.4, 0.5) is 0 Å². The van der Waals surface area contributed by atoms with Crippen molar-refractivity contribution in [2.45, 2.75) is 215 Å². The van der Waals surface area contributed by atoms with Gasteiger partial charge in [-0.25, -0.2) is 0 Å². The minimum absolute atomic E-state index is 1.05. The Kier molecular flexibility index (Phi) is 20.8. The Morgan fingerprint density at radius 3 is 0.351 bits per heavy atom. The van der Waals surface area contributed by atoms with Crippen LogP contribution in [0.5, 0.6) is 0 Å². The quantitative estimate of drug-likeness (QED) is 0.113. The summed E-state index contributed by atoms with van der Waals surface area (Å²) in [6.45, 7) is -7.33. The third-order valence-corrected chi connectivity index (χ3v) is 14.8. The Bertz CT molecular complexity index is 1470. The molecule has 0 amide bonds. The van der Waals surface area contributed by atoms with Gasteiger partial charge in [-0.3, -0.25) is 0 Å². The minimum Gasteiger partial charge on any atom is -0.394 e. The second kappa shape index (κ2) is 26.0. The van der Waals surface area contributed by atoms with Gasteiger partial charge in [0.05, 0.1) is 46.2 Å². The lowest BCUT2D eigenvalue weighted by molar-refractivity contribution is -0.396. The van der Waals surface area contributed by atoms with Crippen molar-refractivity contribution in [1.82, 2.24) is 0 Å². The second-order valence-electron chi connectivity index (χ2n) is 19.7. The summed E-state index contributed by atoms with van der Waals surface area (Å²) < 4.78 is 79.5. The third-order valence-electron chi connectivity index (χ3n) is 14.8. The summed E-state index contributed by atoms with van der Waals surface area (Å²) in [5, 5.41) is 230. The van der Waals surface area contributed by atoms with E-state index in [1.54, 1.807) is 0 Å². The first kappa shape index (κ1) is 61.7. The lowest BCUT2D eigenvalue weighted by atomic mass is 9.95. The zero-order chi connectivity index (χ0) is 56.1. The molecule has 21 aliphatic heterocycles. The molecule has 21 aliphatic rings. The fraction of sp³-hybridized carbons (Fsp3) is 1.00. The Morgan fingerprint density at radius 2 is 0.260 bits per heavy atom. The van der Waals surface area contributed by atoms with Crippen molar-refractivity contribution in [3.05, 3.63) is 0 Å². The number of aliphatic hydroxyl groups excluding tert-OH is 21. The fourth-order valence-electron chi connectivity index (χ4n) is 10.4. The molecule has 21 fully saturated rings. The summed E-state index contributed by atoms with van der Waals surface area (Å²) >= 11 is 0. The van der Waals surface area contributed by atoms with Gasteiger partial charge in [-0.15, -0.1) is 0 Å². The summed E-state index contributed by atoms with van der Waals surface area (Å²) in [6, 6.07) is 0. The molecule has 0 saturated carbocycles. The Hall–Kier alpha value is -1.40. The van der Waals surface area contributed by atoms with Crippen molar-refractivity contribution in [3.8, 4) is 0 Å². The van der Waals surface area contributed by atoms with Crippen molar-refractivity contribution < 1.29 is 174 Å². The molecule has 0 spiro atoms. The average molecular weight is 1130 g/mol. The van der Waals surface area contributed by atoms with Gasteiger partial charge in [0.15, 0.2) is 44.0 Å². The zero-order valence-corrected chi connectivity index (χ0v) is 40.3. The van der Waals surface area contributed by atoms with E-state index in [1.165, 1.54) is 0 Å². The minimum atomic E-state index is -2.21. The van der Waals surface area contributed by atoms with E-state index in [9.17, 15) is 107 Å². The monoisotopic (exact) mass is 1130 g/mol. The first-order chi connectivity index (χ1) is 36.7. The molecule has 0 aromatic carbocycles. The largest absolute Gasteiger partial charge is 0.394 e. The van der Waals surface area contributed by atoms with Crippen LogP contribution in [0.2, 0.25) is 0 Å². The molecule has 0 aliphatic carbocycles. The SMILES string of the molecule is OC[C@H]1O[C@H]2O[C@H]3[C@H](O)[C@@H](O)[C@@H](O[C@H]4[C@H](O)[C@@H](O)[C@@H](O[C@H]5[C@H](O)[C@@H](O)[C@@H](O[C@H]6[C@H](O)[C@@H](O)[C@@H](O[C@H]7[C@H](O)[C@@H](O)[C@@H](O[C@H]8[C@H](O)[C@@H](O)[C@@H](O[C@H]1[C@H](O)[C@H]2O)O[C@@H]8CO)O[C@@H]7CO)O[C@@H]6CO)O[C@@H]5CO)O[C@@H]4CO)O[C@@H]3CO. The first-order valence-corrected chi connectivity index (χ1v) is 24.6. The van der Waals surface area contributed by atoms with Crippen LogP contribution in [0.1, 0.15) is 0 Å². The maximum atomic E-state index is 11.3. The lowest BCUT2D eigenvalue weighted by Crippen LogP contribution is -2.68. The van der Waals surface area contributed by atoms with Crippen LogP contribution >= 0.6 is 0 Å². The standard InChI is InChI=1S/C42H70O35/c43-1-8-29-15(50)22(57)36(64-8)72-30-9(2-44)66-38(24(59)17(30)52)74-32-11(4-46)68-40(26(61)19(32)54)76-34-13(6-48)70-42(28(63)21(34)56)77-35-14(7-49)69-41(27(62)20(35)55)75-33-12(5-47)67-39(25(60)18(33)53)73-31-10(3-45)65-37(71-29)23(58)16(31)51/h8-63H,1-7H2/t8-,9-,10-,11-,12-,13-,14-,15-,16-,17-,18-,19-,20-,21-,22-,23-,24-,25-,26-,27-,28-,29-,30-,31-,32-,33-,34-,35-,36-,37-,38-,39-,40-,41-,42+/m1/s1. The highest BCUT2D eigenvalue weighted by Gasteiger charge is 2.59. The van der Waals surface area contributed by atoms with Gasteiger partial charge in [0.2, 0.25) is 0 Å². The Labute approximate surface area is 434 Å². The van der Waals surface area contributed by atoms with Crippen LogP contribution in [-0.4, -0.2) is 368 Å². The van der Waals surface area contributed by atoms with E-state index >= 15 is 0 Å². The van der Waals surface area contributed by atoms with E-state index in [0.29, 0.717) is 0 Å². The van der Waals surface area contributed by atoms with Crippen molar-refractivity contribution in [1.29, 1.82) is 0 Å². The van der Waals surface area contributed by atoms with Gasteiger partial charge in [-0.1, -0.05) is 0 Å². The topological polar surface area (TPSA) is 554 Å². The maximum Gasteiger partial charge on any atom is 0.187 e. The average Bonchev–Trinajstić information content (AvgIpc) is 3.45. The molecule has 35 nitrogen and oxygen atoms in total. The molecule has 35 heteroatoms. The Balaban J connectivity index is 1.08. The van der Waals surface area contributed by atoms with Crippen LogP contribution in [0, 0.1) is 0 Å². The zero-order valence-electron chi connectivity index (χ0n) is 40.3. The molecule has 21 rings (SSSR count). The van der Waals surface area contributed by atoms with Crippen LogP contribution in [0.25, 0.3) is 0 Å². The first-order valence-electron chi connectivity index (χ1n) is 24.6. The van der Waals surface area contributed by atoms with Gasteiger partial charge < -0.3 is 174 Å². The number of hydrogen-bond donors (Lipinski definition) is 21. The molecule has 0 aromatic heterocycles. The molecule has 0 aromatic rings. The van der Waals surface area contributed by atoms with Gasteiger partial charge in [-0.2, -0.15) is 0 Å². The lowest BCUT2D eigenvalue weighted by Gasteiger charge is -2.50. The smallest absolute Gasteiger partial charge is 0.187 e.